The maximum absolute atomic E-state index is 11.8. The van der Waals surface area contributed by atoms with Crippen LogP contribution in [0.2, 0.25) is 0 Å². The van der Waals surface area contributed by atoms with Crippen LogP contribution < -0.4 is 0 Å². The molecule has 0 saturated heterocycles. The van der Waals surface area contributed by atoms with E-state index in [1.54, 1.807) is 6.07 Å². The first-order valence-electron chi connectivity index (χ1n) is 7.44. The standard InChI is InChI=1S/C17H22O3/c1-16-8-3-9-17(2,15(19)20)14(16)7-5-11-4-6-12(18)10-13(11)16/h4,6,10,14,18H,3,5,7-9H2,1-2H3,(H,19,20)/t14-,16+,17-/m0/s1. The third-order valence-corrected chi connectivity index (χ3v) is 5.83. The van der Waals surface area contributed by atoms with Crippen LogP contribution in [0.15, 0.2) is 18.2 Å². The van der Waals surface area contributed by atoms with Crippen LogP contribution in [0.5, 0.6) is 5.75 Å². The van der Waals surface area contributed by atoms with Gasteiger partial charge in [-0.25, -0.2) is 0 Å². The van der Waals surface area contributed by atoms with Crippen LogP contribution in [-0.4, -0.2) is 16.2 Å². The quantitative estimate of drug-likeness (QED) is 0.824. The van der Waals surface area contributed by atoms with Crippen molar-refractivity contribution in [2.75, 3.05) is 0 Å². The second-order valence-corrected chi connectivity index (χ2v) is 6.93. The van der Waals surface area contributed by atoms with Gasteiger partial charge >= 0.3 is 5.97 Å². The molecule has 0 radical (unpaired) electrons. The van der Waals surface area contributed by atoms with E-state index in [1.165, 1.54) is 11.1 Å². The van der Waals surface area contributed by atoms with Crippen molar-refractivity contribution < 1.29 is 15.0 Å². The SMILES string of the molecule is C[C@]1(C(=O)O)CCC[C@]2(C)c3cc(O)ccc3CC[C@H]12. The number of rotatable bonds is 1. The zero-order valence-electron chi connectivity index (χ0n) is 12.1. The third-order valence-electron chi connectivity index (χ3n) is 5.83. The summed E-state index contributed by atoms with van der Waals surface area (Å²) in [4.78, 5) is 11.8. The maximum atomic E-state index is 11.8. The molecule has 0 aliphatic heterocycles. The summed E-state index contributed by atoms with van der Waals surface area (Å²) in [5.74, 6) is -0.235. The molecule has 108 valence electrons. The van der Waals surface area contributed by atoms with E-state index in [4.69, 9.17) is 0 Å². The van der Waals surface area contributed by atoms with Crippen LogP contribution in [0.25, 0.3) is 0 Å². The Bertz CT molecular complexity index is 565. The maximum Gasteiger partial charge on any atom is 0.309 e. The van der Waals surface area contributed by atoms with Gasteiger partial charge in [-0.15, -0.1) is 0 Å². The summed E-state index contributed by atoms with van der Waals surface area (Å²) >= 11 is 0. The number of hydrogen-bond acceptors (Lipinski definition) is 2. The van der Waals surface area contributed by atoms with Gasteiger partial charge < -0.3 is 10.2 Å². The Morgan fingerprint density at radius 3 is 2.75 bits per heavy atom. The summed E-state index contributed by atoms with van der Waals surface area (Å²) in [6.07, 6.45) is 4.55. The lowest BCUT2D eigenvalue weighted by molar-refractivity contribution is -0.157. The average molecular weight is 274 g/mol. The molecule has 1 saturated carbocycles. The number of aliphatic carboxylic acids is 1. The minimum atomic E-state index is -0.669. The molecule has 1 fully saturated rings. The highest BCUT2D eigenvalue weighted by Gasteiger charge is 2.55. The van der Waals surface area contributed by atoms with Crippen molar-refractivity contribution in [3.8, 4) is 5.75 Å². The van der Waals surface area contributed by atoms with E-state index >= 15 is 0 Å². The van der Waals surface area contributed by atoms with Gasteiger partial charge in [0.25, 0.3) is 0 Å². The third kappa shape index (κ3) is 1.68. The van der Waals surface area contributed by atoms with Crippen LogP contribution in [0.4, 0.5) is 0 Å². The van der Waals surface area contributed by atoms with Crippen molar-refractivity contribution in [1.82, 2.24) is 0 Å². The number of aryl methyl sites for hydroxylation is 1. The van der Waals surface area contributed by atoms with Crippen molar-refractivity contribution in [3.63, 3.8) is 0 Å². The smallest absolute Gasteiger partial charge is 0.309 e. The van der Waals surface area contributed by atoms with E-state index in [0.717, 1.165) is 32.1 Å². The molecule has 2 N–H and O–H groups in total. The van der Waals surface area contributed by atoms with Crippen LogP contribution in [-0.2, 0) is 16.6 Å². The number of benzene rings is 1. The number of phenols is 1. The highest BCUT2D eigenvalue weighted by atomic mass is 16.4. The highest BCUT2D eigenvalue weighted by molar-refractivity contribution is 5.75. The van der Waals surface area contributed by atoms with Gasteiger partial charge in [-0.2, -0.15) is 0 Å². The molecule has 0 bridgehead atoms. The number of fused-ring (bicyclic) bond motifs is 3. The monoisotopic (exact) mass is 274 g/mol. The first-order valence-corrected chi connectivity index (χ1v) is 7.44. The van der Waals surface area contributed by atoms with Crippen molar-refractivity contribution in [2.45, 2.75) is 51.4 Å². The summed E-state index contributed by atoms with van der Waals surface area (Å²) in [5.41, 5.74) is 1.67. The van der Waals surface area contributed by atoms with Crippen molar-refractivity contribution >= 4 is 5.97 Å². The Morgan fingerprint density at radius 1 is 1.30 bits per heavy atom. The van der Waals surface area contributed by atoms with Gasteiger partial charge in [0.2, 0.25) is 0 Å². The van der Waals surface area contributed by atoms with E-state index in [9.17, 15) is 15.0 Å². The Balaban J connectivity index is 2.13. The van der Waals surface area contributed by atoms with E-state index < -0.39 is 11.4 Å². The number of phenolic OH excluding ortho intramolecular Hbond substituents is 1. The molecule has 2 aliphatic rings. The molecule has 1 aromatic rings. The summed E-state index contributed by atoms with van der Waals surface area (Å²) in [5, 5.41) is 19.5. The summed E-state index contributed by atoms with van der Waals surface area (Å²) in [7, 11) is 0. The topological polar surface area (TPSA) is 57.5 Å². The predicted octanol–water partition coefficient (Wildman–Crippen LogP) is 3.49. The van der Waals surface area contributed by atoms with Gasteiger partial charge in [-0.05, 0) is 67.2 Å². The Hall–Kier alpha value is -1.51. The fraction of sp³-hybridized carbons (Fsp3) is 0.588. The van der Waals surface area contributed by atoms with Crippen LogP contribution in [0.3, 0.4) is 0 Å². The van der Waals surface area contributed by atoms with Crippen molar-refractivity contribution in [2.24, 2.45) is 11.3 Å². The lowest BCUT2D eigenvalue weighted by atomic mass is 9.50. The van der Waals surface area contributed by atoms with Crippen molar-refractivity contribution in [3.05, 3.63) is 29.3 Å². The molecule has 0 aromatic heterocycles. The molecule has 3 rings (SSSR count). The minimum Gasteiger partial charge on any atom is -0.508 e. The zero-order chi connectivity index (χ0) is 14.5. The minimum absolute atomic E-state index is 0.127. The van der Waals surface area contributed by atoms with E-state index in [0.29, 0.717) is 0 Å². The van der Waals surface area contributed by atoms with E-state index in [-0.39, 0.29) is 17.1 Å². The largest absolute Gasteiger partial charge is 0.508 e. The summed E-state index contributed by atoms with van der Waals surface area (Å²) < 4.78 is 0. The van der Waals surface area contributed by atoms with Gasteiger partial charge in [0.15, 0.2) is 0 Å². The highest BCUT2D eigenvalue weighted by Crippen LogP contribution is 2.57. The summed E-state index contributed by atoms with van der Waals surface area (Å²) in [6.45, 7) is 4.10. The molecule has 0 spiro atoms. The number of carboxylic acids is 1. The number of hydrogen-bond donors (Lipinski definition) is 2. The second-order valence-electron chi connectivity index (χ2n) is 6.93. The van der Waals surface area contributed by atoms with Gasteiger partial charge in [0, 0.05) is 0 Å². The first kappa shape index (κ1) is 13.5. The van der Waals surface area contributed by atoms with E-state index in [1.807, 2.05) is 19.1 Å². The van der Waals surface area contributed by atoms with Crippen LogP contribution >= 0.6 is 0 Å². The molecule has 0 unspecified atom stereocenters. The zero-order valence-corrected chi connectivity index (χ0v) is 12.1. The molecular weight excluding hydrogens is 252 g/mol. The fourth-order valence-corrected chi connectivity index (χ4v) is 4.70. The van der Waals surface area contributed by atoms with Gasteiger partial charge in [0.05, 0.1) is 5.41 Å². The van der Waals surface area contributed by atoms with Crippen LogP contribution in [0, 0.1) is 11.3 Å². The lowest BCUT2D eigenvalue weighted by Crippen LogP contribution is -2.52. The molecular formula is C17H22O3. The Labute approximate surface area is 119 Å². The lowest BCUT2D eigenvalue weighted by Gasteiger charge is -2.53. The summed E-state index contributed by atoms with van der Waals surface area (Å²) in [6, 6.07) is 5.59. The Kier molecular flexibility index (Phi) is 2.86. The average Bonchev–Trinajstić information content (AvgIpc) is 2.39. The molecule has 3 atom stereocenters. The molecule has 1 aromatic carbocycles. The number of aromatic hydroxyl groups is 1. The normalized spacial score (nSPS) is 36.0. The van der Waals surface area contributed by atoms with Gasteiger partial charge in [-0.3, -0.25) is 4.79 Å². The first-order chi connectivity index (χ1) is 9.38. The molecule has 2 aliphatic carbocycles. The molecule has 0 amide bonds. The number of carboxylic acid groups (broad SMARTS) is 1. The second kappa shape index (κ2) is 4.24. The van der Waals surface area contributed by atoms with Gasteiger partial charge in [0.1, 0.15) is 5.75 Å². The number of carbonyl (C=O) groups is 1. The Morgan fingerprint density at radius 2 is 2.05 bits per heavy atom. The molecule has 20 heavy (non-hydrogen) atoms. The molecule has 3 heteroatoms. The van der Waals surface area contributed by atoms with Crippen molar-refractivity contribution in [1.29, 1.82) is 0 Å². The fourth-order valence-electron chi connectivity index (χ4n) is 4.70. The van der Waals surface area contributed by atoms with E-state index in [2.05, 4.69) is 6.92 Å². The van der Waals surface area contributed by atoms with Crippen LogP contribution in [0.1, 0.15) is 50.7 Å². The van der Waals surface area contributed by atoms with Gasteiger partial charge in [-0.1, -0.05) is 19.4 Å². The molecule has 0 heterocycles. The predicted molar refractivity (Wildman–Crippen MR) is 76.9 cm³/mol. The molecule has 3 nitrogen and oxygen atoms in total.